The van der Waals surface area contributed by atoms with E-state index in [1.165, 1.54) is 24.7 Å². The van der Waals surface area contributed by atoms with Crippen LogP contribution in [0.4, 0.5) is 5.69 Å². The Morgan fingerprint density at radius 3 is 3.05 bits per heavy atom. The van der Waals surface area contributed by atoms with Crippen LogP contribution in [0.3, 0.4) is 0 Å². The van der Waals surface area contributed by atoms with Crippen molar-refractivity contribution in [2.24, 2.45) is 0 Å². The molecule has 2 rings (SSSR count). The molecule has 0 spiro atoms. The van der Waals surface area contributed by atoms with Crippen molar-refractivity contribution in [3.8, 4) is 5.75 Å². The van der Waals surface area contributed by atoms with Gasteiger partial charge in [0, 0.05) is 36.0 Å². The number of ether oxygens (including phenoxy) is 1. The maximum Gasteiger partial charge on any atom is 0.270 e. The lowest BCUT2D eigenvalue weighted by Gasteiger charge is -2.12. The first-order valence-electron chi connectivity index (χ1n) is 6.34. The van der Waals surface area contributed by atoms with Gasteiger partial charge in [-0.3, -0.25) is 10.1 Å². The van der Waals surface area contributed by atoms with Gasteiger partial charge in [-0.2, -0.15) is 11.8 Å². The molecular formula is C13H18N2O3S. The summed E-state index contributed by atoms with van der Waals surface area (Å²) >= 11 is 1.99. The highest BCUT2D eigenvalue weighted by Gasteiger charge is 2.16. The molecule has 0 saturated carbocycles. The molecule has 1 aliphatic heterocycles. The van der Waals surface area contributed by atoms with Crippen LogP contribution in [0.15, 0.2) is 18.2 Å². The van der Waals surface area contributed by atoms with Gasteiger partial charge in [-0.15, -0.1) is 0 Å². The predicted octanol–water partition coefficient (Wildman–Crippen LogP) is 2.59. The molecule has 0 bridgehead atoms. The summed E-state index contributed by atoms with van der Waals surface area (Å²) in [5, 5.41) is 14.8. The number of non-ortho nitro benzene ring substituents is 1. The average molecular weight is 282 g/mol. The third kappa shape index (κ3) is 3.84. The maximum absolute atomic E-state index is 10.8. The molecular weight excluding hydrogens is 264 g/mol. The molecule has 1 aromatic carbocycles. The molecule has 19 heavy (non-hydrogen) atoms. The third-order valence-corrected chi connectivity index (χ3v) is 4.58. The Hall–Kier alpha value is -1.27. The molecule has 104 valence electrons. The van der Waals surface area contributed by atoms with Gasteiger partial charge in [-0.05, 0) is 24.7 Å². The summed E-state index contributed by atoms with van der Waals surface area (Å²) in [6, 6.07) is 4.70. The second kappa shape index (κ2) is 6.77. The van der Waals surface area contributed by atoms with Crippen LogP contribution in [0.1, 0.15) is 18.4 Å². The van der Waals surface area contributed by atoms with Crippen molar-refractivity contribution >= 4 is 17.4 Å². The first-order chi connectivity index (χ1) is 9.20. The Kier molecular flexibility index (Phi) is 5.04. The SMILES string of the molecule is COc1ccc([N+](=O)[O-])cc1CNCC1CCCS1. The van der Waals surface area contributed by atoms with Crippen molar-refractivity contribution in [1.82, 2.24) is 5.32 Å². The topological polar surface area (TPSA) is 64.4 Å². The molecule has 1 fully saturated rings. The predicted molar refractivity (Wildman–Crippen MR) is 76.8 cm³/mol. The fraction of sp³-hybridized carbons (Fsp3) is 0.538. The Morgan fingerprint density at radius 2 is 2.42 bits per heavy atom. The van der Waals surface area contributed by atoms with E-state index in [1.807, 2.05) is 11.8 Å². The lowest BCUT2D eigenvalue weighted by Crippen LogP contribution is -2.22. The number of nitro benzene ring substituents is 1. The normalized spacial score (nSPS) is 18.5. The lowest BCUT2D eigenvalue weighted by molar-refractivity contribution is -0.384. The molecule has 1 N–H and O–H groups in total. The van der Waals surface area contributed by atoms with Gasteiger partial charge >= 0.3 is 0 Å². The number of rotatable bonds is 6. The van der Waals surface area contributed by atoms with Gasteiger partial charge < -0.3 is 10.1 Å². The van der Waals surface area contributed by atoms with E-state index in [4.69, 9.17) is 4.74 Å². The minimum atomic E-state index is -0.379. The first-order valence-corrected chi connectivity index (χ1v) is 7.39. The Morgan fingerprint density at radius 1 is 1.58 bits per heavy atom. The molecule has 0 amide bonds. The van der Waals surface area contributed by atoms with Crippen molar-refractivity contribution in [2.45, 2.75) is 24.6 Å². The monoisotopic (exact) mass is 282 g/mol. The Labute approximate surface area is 116 Å². The number of methoxy groups -OCH3 is 1. The van der Waals surface area contributed by atoms with E-state index < -0.39 is 0 Å². The highest BCUT2D eigenvalue weighted by molar-refractivity contribution is 8.00. The molecule has 1 saturated heterocycles. The van der Waals surface area contributed by atoms with Gasteiger partial charge in [-0.1, -0.05) is 0 Å². The number of thioether (sulfide) groups is 1. The number of hydrogen-bond donors (Lipinski definition) is 1. The van der Waals surface area contributed by atoms with E-state index in [0.717, 1.165) is 12.1 Å². The highest BCUT2D eigenvalue weighted by atomic mass is 32.2. The van der Waals surface area contributed by atoms with Gasteiger partial charge in [0.2, 0.25) is 0 Å². The van der Waals surface area contributed by atoms with Crippen molar-refractivity contribution in [2.75, 3.05) is 19.4 Å². The molecule has 0 aliphatic carbocycles. The number of benzene rings is 1. The smallest absolute Gasteiger partial charge is 0.270 e. The fourth-order valence-electron chi connectivity index (χ4n) is 2.19. The van der Waals surface area contributed by atoms with Crippen LogP contribution in [-0.2, 0) is 6.54 Å². The fourth-order valence-corrected chi connectivity index (χ4v) is 3.43. The molecule has 1 atom stereocenters. The quantitative estimate of drug-likeness (QED) is 0.642. The minimum Gasteiger partial charge on any atom is -0.496 e. The van der Waals surface area contributed by atoms with Crippen molar-refractivity contribution < 1.29 is 9.66 Å². The Bertz CT molecular complexity index is 448. The maximum atomic E-state index is 10.8. The van der Waals surface area contributed by atoms with Crippen LogP contribution >= 0.6 is 11.8 Å². The summed E-state index contributed by atoms with van der Waals surface area (Å²) in [6.45, 7) is 1.54. The summed E-state index contributed by atoms with van der Waals surface area (Å²) < 4.78 is 5.23. The number of nitrogens with one attached hydrogen (secondary N) is 1. The van der Waals surface area contributed by atoms with Crippen LogP contribution in [0.2, 0.25) is 0 Å². The van der Waals surface area contributed by atoms with Crippen LogP contribution in [0.5, 0.6) is 5.75 Å². The van der Waals surface area contributed by atoms with Gasteiger partial charge in [0.1, 0.15) is 5.75 Å². The van der Waals surface area contributed by atoms with Crippen LogP contribution in [-0.4, -0.2) is 29.6 Å². The number of hydrogen-bond acceptors (Lipinski definition) is 5. The van der Waals surface area contributed by atoms with E-state index >= 15 is 0 Å². The summed E-state index contributed by atoms with van der Waals surface area (Å²) in [5.41, 5.74) is 0.938. The van der Waals surface area contributed by atoms with Crippen LogP contribution < -0.4 is 10.1 Å². The standard InChI is InChI=1S/C13H18N2O3S/c1-18-13-5-4-11(15(16)17)7-10(13)8-14-9-12-3-2-6-19-12/h4-5,7,12,14H,2-3,6,8-9H2,1H3. The average Bonchev–Trinajstić information content (AvgIpc) is 2.91. The molecule has 5 nitrogen and oxygen atoms in total. The van der Waals surface area contributed by atoms with Gasteiger partial charge in [0.25, 0.3) is 5.69 Å². The van der Waals surface area contributed by atoms with Gasteiger partial charge in [-0.25, -0.2) is 0 Å². The van der Waals surface area contributed by atoms with Gasteiger partial charge in [0.15, 0.2) is 0 Å². The lowest BCUT2D eigenvalue weighted by atomic mass is 10.1. The second-order valence-electron chi connectivity index (χ2n) is 4.52. The summed E-state index contributed by atoms with van der Waals surface area (Å²) in [7, 11) is 1.58. The zero-order chi connectivity index (χ0) is 13.7. The number of nitrogens with zero attached hydrogens (tertiary/aromatic N) is 1. The van der Waals surface area contributed by atoms with E-state index in [0.29, 0.717) is 17.5 Å². The van der Waals surface area contributed by atoms with Crippen molar-refractivity contribution in [1.29, 1.82) is 0 Å². The minimum absolute atomic E-state index is 0.104. The molecule has 6 heteroatoms. The van der Waals surface area contributed by atoms with E-state index in [-0.39, 0.29) is 10.6 Å². The Balaban J connectivity index is 1.96. The van der Waals surface area contributed by atoms with E-state index in [2.05, 4.69) is 5.32 Å². The van der Waals surface area contributed by atoms with Crippen molar-refractivity contribution in [3.63, 3.8) is 0 Å². The highest BCUT2D eigenvalue weighted by Crippen LogP contribution is 2.26. The third-order valence-electron chi connectivity index (χ3n) is 3.19. The first kappa shape index (κ1) is 14.1. The molecule has 1 heterocycles. The van der Waals surface area contributed by atoms with E-state index in [1.54, 1.807) is 19.2 Å². The van der Waals surface area contributed by atoms with Crippen molar-refractivity contribution in [3.05, 3.63) is 33.9 Å². The summed E-state index contributed by atoms with van der Waals surface area (Å²) in [5.74, 6) is 1.93. The molecule has 1 unspecified atom stereocenters. The summed E-state index contributed by atoms with van der Waals surface area (Å²) in [6.07, 6.45) is 2.54. The largest absolute Gasteiger partial charge is 0.496 e. The zero-order valence-electron chi connectivity index (χ0n) is 10.9. The molecule has 0 aromatic heterocycles. The zero-order valence-corrected chi connectivity index (χ0v) is 11.7. The summed E-state index contributed by atoms with van der Waals surface area (Å²) in [4.78, 5) is 10.4. The van der Waals surface area contributed by atoms with Crippen LogP contribution in [0.25, 0.3) is 0 Å². The van der Waals surface area contributed by atoms with Gasteiger partial charge in [0.05, 0.1) is 12.0 Å². The van der Waals surface area contributed by atoms with E-state index in [9.17, 15) is 10.1 Å². The molecule has 0 radical (unpaired) electrons. The van der Waals surface area contributed by atoms with Crippen LogP contribution in [0, 0.1) is 10.1 Å². The molecule has 1 aromatic rings. The molecule has 1 aliphatic rings. The number of nitro groups is 1. The second-order valence-corrected chi connectivity index (χ2v) is 5.93.